The Morgan fingerprint density at radius 3 is 1.59 bits per heavy atom. The zero-order valence-corrected chi connectivity index (χ0v) is 12.9. The van der Waals surface area contributed by atoms with Crippen molar-refractivity contribution in [2.24, 2.45) is 0 Å². The number of imidazole rings is 2. The zero-order valence-electron chi connectivity index (χ0n) is 12.9. The van der Waals surface area contributed by atoms with E-state index in [1.54, 1.807) is 12.4 Å². The molecule has 0 fully saturated rings. The SMILES string of the molecule is C=Cn1cc[n+](CCOCCOCC[n+]2ccn(C=C)c2)c1. The smallest absolute Gasteiger partial charge is 0.248 e. The van der Waals surface area contributed by atoms with Crippen molar-refractivity contribution in [1.29, 1.82) is 0 Å². The summed E-state index contributed by atoms with van der Waals surface area (Å²) in [6.07, 6.45) is 15.3. The van der Waals surface area contributed by atoms with Gasteiger partial charge in [-0.2, -0.15) is 0 Å². The molecule has 0 aromatic carbocycles. The molecule has 0 aliphatic carbocycles. The zero-order chi connectivity index (χ0) is 15.6. The summed E-state index contributed by atoms with van der Waals surface area (Å²) in [7, 11) is 0. The van der Waals surface area contributed by atoms with Gasteiger partial charge in [0.15, 0.2) is 0 Å². The highest BCUT2D eigenvalue weighted by Crippen LogP contribution is 1.86. The maximum absolute atomic E-state index is 5.55. The largest absolute Gasteiger partial charge is 0.375 e. The maximum atomic E-state index is 5.55. The van der Waals surface area contributed by atoms with E-state index in [1.165, 1.54) is 0 Å². The average Bonchev–Trinajstić information content (AvgIpc) is 3.18. The molecule has 22 heavy (non-hydrogen) atoms. The molecule has 0 aliphatic rings. The van der Waals surface area contributed by atoms with Gasteiger partial charge in [-0.1, -0.05) is 13.2 Å². The van der Waals surface area contributed by atoms with Crippen LogP contribution < -0.4 is 9.13 Å². The second-order valence-corrected chi connectivity index (χ2v) is 4.79. The van der Waals surface area contributed by atoms with Gasteiger partial charge in [0.05, 0.1) is 38.8 Å². The molecule has 0 N–H and O–H groups in total. The molecule has 0 saturated heterocycles. The summed E-state index contributed by atoms with van der Waals surface area (Å²) in [6, 6.07) is 0. The Balaban J connectivity index is 1.47. The molecule has 0 aliphatic heterocycles. The van der Waals surface area contributed by atoms with Gasteiger partial charge in [0.2, 0.25) is 12.7 Å². The van der Waals surface area contributed by atoms with Crippen LogP contribution >= 0.6 is 0 Å². The van der Waals surface area contributed by atoms with E-state index in [0.29, 0.717) is 26.4 Å². The Hall–Kier alpha value is -2.18. The summed E-state index contributed by atoms with van der Waals surface area (Å²) in [4.78, 5) is 0. The third kappa shape index (κ3) is 5.31. The lowest BCUT2D eigenvalue weighted by atomic mass is 10.6. The van der Waals surface area contributed by atoms with Crippen molar-refractivity contribution < 1.29 is 18.6 Å². The molecule has 2 aromatic rings. The van der Waals surface area contributed by atoms with Gasteiger partial charge in [-0.15, -0.1) is 0 Å². The monoisotopic (exact) mass is 304 g/mol. The number of nitrogens with zero attached hydrogens (tertiary/aromatic N) is 4. The number of hydrogen-bond donors (Lipinski definition) is 0. The molecule has 0 radical (unpaired) electrons. The van der Waals surface area contributed by atoms with Crippen molar-refractivity contribution in [2.45, 2.75) is 13.1 Å². The van der Waals surface area contributed by atoms with Crippen LogP contribution in [0.5, 0.6) is 0 Å². The summed E-state index contributed by atoms with van der Waals surface area (Å²) >= 11 is 0. The van der Waals surface area contributed by atoms with Crippen molar-refractivity contribution in [3.63, 3.8) is 0 Å². The third-order valence-corrected chi connectivity index (χ3v) is 3.21. The molecule has 0 bridgehead atoms. The molecular formula is C16H24N4O2+2. The van der Waals surface area contributed by atoms with E-state index in [1.807, 2.05) is 46.6 Å². The van der Waals surface area contributed by atoms with Crippen molar-refractivity contribution in [1.82, 2.24) is 9.13 Å². The second-order valence-electron chi connectivity index (χ2n) is 4.79. The third-order valence-electron chi connectivity index (χ3n) is 3.21. The van der Waals surface area contributed by atoms with Gasteiger partial charge >= 0.3 is 0 Å². The minimum atomic E-state index is 0.612. The van der Waals surface area contributed by atoms with E-state index < -0.39 is 0 Å². The molecule has 2 aromatic heterocycles. The summed E-state index contributed by atoms with van der Waals surface area (Å²) in [5.41, 5.74) is 0. The fourth-order valence-corrected chi connectivity index (χ4v) is 1.96. The van der Waals surface area contributed by atoms with Gasteiger partial charge in [-0.05, 0) is 0 Å². The van der Waals surface area contributed by atoms with E-state index in [-0.39, 0.29) is 0 Å². The van der Waals surface area contributed by atoms with E-state index in [2.05, 4.69) is 22.3 Å². The molecule has 2 rings (SSSR count). The van der Waals surface area contributed by atoms with Crippen molar-refractivity contribution in [3.8, 4) is 0 Å². The van der Waals surface area contributed by atoms with Gasteiger partial charge < -0.3 is 9.47 Å². The molecule has 0 atom stereocenters. The van der Waals surface area contributed by atoms with Crippen molar-refractivity contribution in [3.05, 3.63) is 50.6 Å². The normalized spacial score (nSPS) is 10.7. The van der Waals surface area contributed by atoms with E-state index in [9.17, 15) is 0 Å². The van der Waals surface area contributed by atoms with Gasteiger partial charge in [0.1, 0.15) is 37.9 Å². The Labute approximate surface area is 131 Å². The average molecular weight is 304 g/mol. The molecule has 0 amide bonds. The predicted octanol–water partition coefficient (Wildman–Crippen LogP) is 0.799. The predicted molar refractivity (Wildman–Crippen MR) is 83.7 cm³/mol. The van der Waals surface area contributed by atoms with Crippen LogP contribution in [0.25, 0.3) is 12.4 Å². The van der Waals surface area contributed by atoms with Crippen LogP contribution in [0.2, 0.25) is 0 Å². The Morgan fingerprint density at radius 2 is 1.23 bits per heavy atom. The number of aromatic nitrogens is 4. The van der Waals surface area contributed by atoms with Crippen LogP contribution in [-0.2, 0) is 22.6 Å². The number of ether oxygens (including phenoxy) is 2. The fourth-order valence-electron chi connectivity index (χ4n) is 1.96. The molecule has 6 nitrogen and oxygen atoms in total. The fraction of sp³-hybridized carbons (Fsp3) is 0.375. The van der Waals surface area contributed by atoms with Crippen LogP contribution in [-0.4, -0.2) is 35.6 Å². The van der Waals surface area contributed by atoms with E-state index in [0.717, 1.165) is 13.1 Å². The molecule has 0 saturated carbocycles. The first-order valence-electron chi connectivity index (χ1n) is 7.35. The highest BCUT2D eigenvalue weighted by Gasteiger charge is 2.02. The van der Waals surface area contributed by atoms with Crippen LogP contribution in [0.3, 0.4) is 0 Å². The van der Waals surface area contributed by atoms with Crippen molar-refractivity contribution >= 4 is 12.4 Å². The van der Waals surface area contributed by atoms with Crippen LogP contribution in [0.1, 0.15) is 0 Å². The first-order chi connectivity index (χ1) is 10.8. The topological polar surface area (TPSA) is 36.1 Å². The minimum absolute atomic E-state index is 0.612. The van der Waals surface area contributed by atoms with Gasteiger partial charge in [-0.25, -0.2) is 18.3 Å². The quantitative estimate of drug-likeness (QED) is 0.455. The molecule has 0 spiro atoms. The van der Waals surface area contributed by atoms with Crippen molar-refractivity contribution in [2.75, 3.05) is 26.4 Å². The summed E-state index contributed by atoms with van der Waals surface area (Å²) in [5, 5.41) is 0. The van der Waals surface area contributed by atoms with E-state index >= 15 is 0 Å². The summed E-state index contributed by atoms with van der Waals surface area (Å²) in [5.74, 6) is 0. The molecule has 6 heteroatoms. The van der Waals surface area contributed by atoms with E-state index in [4.69, 9.17) is 9.47 Å². The summed E-state index contributed by atoms with van der Waals surface area (Å²) < 4.78 is 19.0. The lowest BCUT2D eigenvalue weighted by Crippen LogP contribution is -2.34. The minimum Gasteiger partial charge on any atom is -0.375 e. The van der Waals surface area contributed by atoms with Crippen LogP contribution in [0.4, 0.5) is 0 Å². The Morgan fingerprint density at radius 1 is 0.773 bits per heavy atom. The molecular weight excluding hydrogens is 280 g/mol. The highest BCUT2D eigenvalue weighted by molar-refractivity contribution is 5.13. The summed E-state index contributed by atoms with van der Waals surface area (Å²) in [6.45, 7) is 11.6. The first kappa shape index (κ1) is 16.2. The molecule has 118 valence electrons. The second kappa shape index (κ2) is 8.96. The van der Waals surface area contributed by atoms with Crippen LogP contribution in [0.15, 0.2) is 50.6 Å². The Kier molecular flexibility index (Phi) is 6.60. The number of hydrogen-bond acceptors (Lipinski definition) is 2. The first-order valence-corrected chi connectivity index (χ1v) is 7.35. The van der Waals surface area contributed by atoms with Crippen LogP contribution in [0, 0.1) is 0 Å². The Bertz CT molecular complexity index is 536. The lowest BCUT2D eigenvalue weighted by molar-refractivity contribution is -0.698. The molecule has 2 heterocycles. The van der Waals surface area contributed by atoms with Gasteiger partial charge in [0, 0.05) is 0 Å². The highest BCUT2D eigenvalue weighted by atomic mass is 16.5. The standard InChI is InChI=1S/C16H24N4O2/c1-3-17-5-7-19(15-17)9-11-21-13-14-22-12-10-20-8-6-18(4-2)16-20/h3-8,15-16H,1-2,9-14H2/q+2. The maximum Gasteiger partial charge on any atom is 0.248 e. The lowest BCUT2D eigenvalue weighted by Gasteiger charge is -2.04. The van der Waals surface area contributed by atoms with Gasteiger partial charge in [0.25, 0.3) is 0 Å². The molecule has 0 unspecified atom stereocenters. The van der Waals surface area contributed by atoms with Gasteiger partial charge in [-0.3, -0.25) is 0 Å². The number of rotatable bonds is 11.